The lowest BCUT2D eigenvalue weighted by molar-refractivity contribution is 0.904. The van der Waals surface area contributed by atoms with Crippen molar-refractivity contribution in [3.05, 3.63) is 217 Å². The molecule has 0 fully saturated rings. The van der Waals surface area contributed by atoms with Crippen LogP contribution in [0, 0.1) is 0 Å². The summed E-state index contributed by atoms with van der Waals surface area (Å²) < 4.78 is 0. The van der Waals surface area contributed by atoms with Crippen LogP contribution in [0.4, 0.5) is 28.4 Å². The maximum atomic E-state index is 2.55. The van der Waals surface area contributed by atoms with Crippen LogP contribution in [0.1, 0.15) is 12.8 Å². The van der Waals surface area contributed by atoms with Crippen LogP contribution < -0.4 is 9.80 Å². The van der Waals surface area contributed by atoms with Crippen molar-refractivity contribution in [3.63, 3.8) is 0 Å². The Labute approximate surface area is 369 Å². The Balaban J connectivity index is 1.18. The molecule has 13 rings (SSSR count). The van der Waals surface area contributed by atoms with Crippen LogP contribution in [0.5, 0.6) is 0 Å². The van der Waals surface area contributed by atoms with Gasteiger partial charge in [0.15, 0.2) is 0 Å². The first kappa shape index (κ1) is 35.7. The van der Waals surface area contributed by atoms with Gasteiger partial charge in [-0.15, -0.1) is 0 Å². The van der Waals surface area contributed by atoms with Gasteiger partial charge in [0, 0.05) is 36.7 Å². The molecule has 0 bridgehead atoms. The summed E-state index contributed by atoms with van der Waals surface area (Å²) in [5.74, 6) is 0. The number of hydrogen-bond donors (Lipinski definition) is 0. The first-order chi connectivity index (χ1) is 30.8. The molecule has 0 saturated carbocycles. The molecule has 10 aromatic carbocycles. The lowest BCUT2D eigenvalue weighted by atomic mass is 9.83. The highest BCUT2D eigenvalue weighted by Gasteiger charge is 2.30. The smallest absolute Gasteiger partial charge is 0.0601 e. The molecule has 0 unspecified atom stereocenters. The summed E-state index contributed by atoms with van der Waals surface area (Å²) in [5, 5.41) is 9.94. The third kappa shape index (κ3) is 5.53. The molecule has 1 aliphatic carbocycles. The minimum absolute atomic E-state index is 1.00. The molecule has 4 heteroatoms. The van der Waals surface area contributed by atoms with E-state index in [1.54, 1.807) is 0 Å². The second-order valence-electron chi connectivity index (χ2n) is 16.3. The molecule has 0 radical (unpaired) electrons. The van der Waals surface area contributed by atoms with Crippen molar-refractivity contribution in [2.45, 2.75) is 27.5 Å². The quantitative estimate of drug-likeness (QED) is 0.163. The minimum Gasteiger partial charge on any atom is -0.312 e. The molecule has 2 aliphatic heterocycles. The SMILES string of the molecule is C1=CC2=C(CC1)N(c1ccc3c(-c4cccc5ccccc45)c4cc(N5c6ccccc6Sc6ccccc65)ccc4c(-c4cccc5ccccc45)c3c1)c1ccccc1S2. The minimum atomic E-state index is 1.00. The normalized spacial score (nSPS) is 14.3. The maximum absolute atomic E-state index is 2.55. The molecule has 10 aromatic rings. The van der Waals surface area contributed by atoms with Crippen molar-refractivity contribution < 1.29 is 0 Å². The van der Waals surface area contributed by atoms with Crippen molar-refractivity contribution in [2.24, 2.45) is 0 Å². The summed E-state index contributed by atoms with van der Waals surface area (Å²) in [4.78, 5) is 10.2. The highest BCUT2D eigenvalue weighted by Crippen LogP contribution is 2.55. The monoisotopic (exact) mass is 826 g/mol. The van der Waals surface area contributed by atoms with Crippen LogP contribution in [0.25, 0.3) is 65.3 Å². The number of para-hydroxylation sites is 3. The van der Waals surface area contributed by atoms with Gasteiger partial charge in [0.1, 0.15) is 0 Å². The Hall–Kier alpha value is -6.98. The lowest BCUT2D eigenvalue weighted by Crippen LogP contribution is -2.22. The van der Waals surface area contributed by atoms with E-state index in [0.29, 0.717) is 0 Å². The Kier molecular flexibility index (Phi) is 8.25. The molecule has 0 atom stereocenters. The molecular weight excluding hydrogens is 789 g/mol. The molecule has 2 heterocycles. The molecule has 0 saturated heterocycles. The fraction of sp³-hybridized carbons (Fsp3) is 0.0345. The van der Waals surface area contributed by atoms with E-state index in [0.717, 1.165) is 18.5 Å². The van der Waals surface area contributed by atoms with Gasteiger partial charge in [0.25, 0.3) is 0 Å². The summed E-state index contributed by atoms with van der Waals surface area (Å²) in [6.45, 7) is 0. The van der Waals surface area contributed by atoms with E-state index < -0.39 is 0 Å². The molecular formula is C58H38N2S2. The molecule has 0 aromatic heterocycles. The number of anilines is 5. The maximum Gasteiger partial charge on any atom is 0.0601 e. The summed E-state index contributed by atoms with van der Waals surface area (Å²) in [5.41, 5.74) is 12.4. The third-order valence-corrected chi connectivity index (χ3v) is 15.1. The van der Waals surface area contributed by atoms with Crippen LogP contribution in [-0.2, 0) is 0 Å². The van der Waals surface area contributed by atoms with Crippen LogP contribution in [0.15, 0.2) is 232 Å². The van der Waals surface area contributed by atoms with E-state index in [-0.39, 0.29) is 0 Å². The van der Waals surface area contributed by atoms with Crippen molar-refractivity contribution in [1.29, 1.82) is 0 Å². The third-order valence-electron chi connectivity index (χ3n) is 12.8. The zero-order valence-electron chi connectivity index (χ0n) is 33.8. The summed E-state index contributed by atoms with van der Waals surface area (Å²) in [7, 11) is 0. The summed E-state index contributed by atoms with van der Waals surface area (Å²) >= 11 is 3.75. The number of rotatable bonds is 4. The van der Waals surface area contributed by atoms with Crippen molar-refractivity contribution in [2.75, 3.05) is 9.80 Å². The number of fused-ring (bicyclic) bond motifs is 7. The van der Waals surface area contributed by atoms with Crippen molar-refractivity contribution in [1.82, 2.24) is 0 Å². The van der Waals surface area contributed by atoms with E-state index in [1.807, 2.05) is 23.5 Å². The number of thioether (sulfide) groups is 1. The van der Waals surface area contributed by atoms with Crippen LogP contribution in [0.3, 0.4) is 0 Å². The first-order valence-electron chi connectivity index (χ1n) is 21.4. The molecule has 3 aliphatic rings. The van der Waals surface area contributed by atoms with E-state index in [1.165, 1.54) is 113 Å². The number of hydrogen-bond acceptors (Lipinski definition) is 4. The average Bonchev–Trinajstić information content (AvgIpc) is 3.33. The van der Waals surface area contributed by atoms with Gasteiger partial charge in [-0.05, 0) is 139 Å². The fourth-order valence-electron chi connectivity index (χ4n) is 10.2. The topological polar surface area (TPSA) is 6.48 Å². The van der Waals surface area contributed by atoms with Gasteiger partial charge < -0.3 is 9.80 Å². The predicted octanol–water partition coefficient (Wildman–Crippen LogP) is 17.4. The zero-order chi connectivity index (χ0) is 40.7. The number of nitrogens with zero attached hydrogens (tertiary/aromatic N) is 2. The van der Waals surface area contributed by atoms with Crippen LogP contribution in [-0.4, -0.2) is 0 Å². The van der Waals surface area contributed by atoms with E-state index in [9.17, 15) is 0 Å². The summed E-state index contributed by atoms with van der Waals surface area (Å²) in [6.07, 6.45) is 6.70. The second-order valence-corrected chi connectivity index (χ2v) is 18.5. The van der Waals surface area contributed by atoms with Gasteiger partial charge in [0.2, 0.25) is 0 Å². The molecule has 0 N–H and O–H groups in total. The van der Waals surface area contributed by atoms with E-state index >= 15 is 0 Å². The zero-order valence-corrected chi connectivity index (χ0v) is 35.4. The van der Waals surface area contributed by atoms with E-state index in [2.05, 4.69) is 216 Å². The van der Waals surface area contributed by atoms with Gasteiger partial charge >= 0.3 is 0 Å². The largest absolute Gasteiger partial charge is 0.312 e. The molecule has 0 amide bonds. The standard InChI is InChI=1S/C58H38N2S2/c1-3-19-41-37(15-1)17-13-21-43(41)57-45-33-31-40(60-51-25-7-11-29-55(51)62-56-30-12-8-26-52(56)60)36-48(45)58(44-22-14-18-38-16-2-4-20-42(38)44)46-34-32-39(35-47(46)57)59-49-23-5-9-27-53(49)61-54-28-10-6-24-50(54)59/h1-7,9-25,27-36H,8,26H2. The van der Waals surface area contributed by atoms with Gasteiger partial charge in [-0.25, -0.2) is 0 Å². The highest BCUT2D eigenvalue weighted by atomic mass is 32.2. The van der Waals surface area contributed by atoms with Crippen molar-refractivity contribution >= 4 is 95.1 Å². The number of allylic oxidation sites excluding steroid dienone is 3. The first-order valence-corrected chi connectivity index (χ1v) is 23.0. The van der Waals surface area contributed by atoms with Gasteiger partial charge in [-0.2, -0.15) is 0 Å². The van der Waals surface area contributed by atoms with Gasteiger partial charge in [0.05, 0.1) is 17.1 Å². The Morgan fingerprint density at radius 2 is 0.839 bits per heavy atom. The Bertz CT molecular complexity index is 3510. The van der Waals surface area contributed by atoms with Crippen LogP contribution in [0.2, 0.25) is 0 Å². The average molecular weight is 827 g/mol. The van der Waals surface area contributed by atoms with Crippen molar-refractivity contribution in [3.8, 4) is 22.3 Å². The molecule has 0 spiro atoms. The van der Waals surface area contributed by atoms with Gasteiger partial charge in [-0.3, -0.25) is 0 Å². The fourth-order valence-corrected chi connectivity index (χ4v) is 12.3. The Morgan fingerprint density at radius 3 is 1.42 bits per heavy atom. The Morgan fingerprint density at radius 1 is 0.371 bits per heavy atom. The molecule has 2 nitrogen and oxygen atoms in total. The number of benzene rings is 10. The second kappa shape index (κ2) is 14.3. The molecule has 62 heavy (non-hydrogen) atoms. The summed E-state index contributed by atoms with van der Waals surface area (Å²) in [6, 6.07) is 72.4. The lowest BCUT2D eigenvalue weighted by Gasteiger charge is -2.36. The molecule has 292 valence electrons. The predicted molar refractivity (Wildman–Crippen MR) is 266 cm³/mol. The van der Waals surface area contributed by atoms with Crippen LogP contribution >= 0.6 is 23.5 Å². The van der Waals surface area contributed by atoms with E-state index in [4.69, 9.17) is 0 Å². The highest BCUT2D eigenvalue weighted by molar-refractivity contribution is 8.03. The van der Waals surface area contributed by atoms with Gasteiger partial charge in [-0.1, -0.05) is 169 Å².